The summed E-state index contributed by atoms with van der Waals surface area (Å²) in [6.07, 6.45) is 2.70. The molecule has 0 fully saturated rings. The topological polar surface area (TPSA) is 71.1 Å². The molecule has 8 heteroatoms. The summed E-state index contributed by atoms with van der Waals surface area (Å²) in [5.74, 6) is 0. The molecule has 0 saturated carbocycles. The molecule has 0 bridgehead atoms. The number of hydrogen-bond donors (Lipinski definition) is 0. The van der Waals surface area contributed by atoms with Gasteiger partial charge >= 0.3 is 15.2 Å². The van der Waals surface area contributed by atoms with Crippen molar-refractivity contribution < 1.29 is 27.2 Å². The lowest BCUT2D eigenvalue weighted by atomic mass is 10.1. The van der Waals surface area contributed by atoms with Gasteiger partial charge in [-0.2, -0.15) is 0 Å². The van der Waals surface area contributed by atoms with Crippen LogP contribution in [0, 0.1) is 0 Å². The van der Waals surface area contributed by atoms with Crippen molar-refractivity contribution in [2.75, 3.05) is 26.4 Å². The highest BCUT2D eigenvalue weighted by atomic mass is 31.2. The standard InChI is InChI=1S/C15H28O6P2/c1-6-18-22(16,19-7-2)14-11-10-13(5)12-15(14)23(17,20-8-3)21-9-4/h10H,6-9,11-12H2,1-5H3. The molecule has 0 unspecified atom stereocenters. The zero-order valence-electron chi connectivity index (χ0n) is 14.7. The number of allylic oxidation sites excluding steroid dienone is 4. The molecule has 0 spiro atoms. The van der Waals surface area contributed by atoms with Gasteiger partial charge in [0.05, 0.1) is 37.1 Å². The van der Waals surface area contributed by atoms with Crippen LogP contribution in [0.2, 0.25) is 0 Å². The summed E-state index contributed by atoms with van der Waals surface area (Å²) < 4.78 is 48.2. The van der Waals surface area contributed by atoms with Crippen LogP contribution in [0.4, 0.5) is 0 Å². The molecule has 0 heterocycles. The molecule has 0 N–H and O–H groups in total. The van der Waals surface area contributed by atoms with Crippen LogP contribution in [0.1, 0.15) is 47.5 Å². The normalized spacial score (nSPS) is 16.7. The fraction of sp³-hybridized carbons (Fsp3) is 0.733. The molecule has 0 atom stereocenters. The molecule has 0 saturated heterocycles. The van der Waals surface area contributed by atoms with Crippen LogP contribution < -0.4 is 0 Å². The van der Waals surface area contributed by atoms with E-state index >= 15 is 0 Å². The molecular formula is C15H28O6P2. The van der Waals surface area contributed by atoms with Crippen molar-refractivity contribution in [3.63, 3.8) is 0 Å². The highest BCUT2D eigenvalue weighted by Gasteiger charge is 2.41. The van der Waals surface area contributed by atoms with Crippen LogP contribution in [0.3, 0.4) is 0 Å². The third kappa shape index (κ3) is 5.12. The number of hydrogen-bond acceptors (Lipinski definition) is 6. The van der Waals surface area contributed by atoms with Gasteiger partial charge in [-0.05, 0) is 41.0 Å². The predicted molar refractivity (Wildman–Crippen MR) is 91.7 cm³/mol. The molecule has 1 rings (SSSR count). The smallest absolute Gasteiger partial charge is 0.306 e. The second kappa shape index (κ2) is 9.31. The Morgan fingerprint density at radius 2 is 1.22 bits per heavy atom. The largest absolute Gasteiger partial charge is 0.358 e. The van der Waals surface area contributed by atoms with Crippen molar-refractivity contribution in [3.8, 4) is 0 Å². The highest BCUT2D eigenvalue weighted by molar-refractivity contribution is 7.63. The molecule has 1 aliphatic rings. The van der Waals surface area contributed by atoms with Crippen molar-refractivity contribution >= 4 is 15.2 Å². The van der Waals surface area contributed by atoms with Gasteiger partial charge in [0.15, 0.2) is 0 Å². The Balaban J connectivity index is 3.44. The lowest BCUT2D eigenvalue weighted by molar-refractivity contribution is 0.220. The van der Waals surface area contributed by atoms with E-state index in [-0.39, 0.29) is 26.4 Å². The summed E-state index contributed by atoms with van der Waals surface area (Å²) in [5, 5.41) is 0.837. The zero-order chi connectivity index (χ0) is 17.5. The summed E-state index contributed by atoms with van der Waals surface area (Å²) in [5.41, 5.74) is 1.03. The van der Waals surface area contributed by atoms with E-state index in [1.54, 1.807) is 27.7 Å². The van der Waals surface area contributed by atoms with Crippen molar-refractivity contribution in [2.45, 2.75) is 47.5 Å². The fourth-order valence-corrected chi connectivity index (χ4v) is 6.85. The van der Waals surface area contributed by atoms with Crippen LogP contribution in [-0.2, 0) is 27.2 Å². The summed E-state index contributed by atoms with van der Waals surface area (Å²) in [6.45, 7) is 9.90. The van der Waals surface area contributed by atoms with E-state index in [1.165, 1.54) is 0 Å². The Bertz CT molecular complexity index is 532. The maximum Gasteiger partial charge on any atom is 0.358 e. The Labute approximate surface area is 139 Å². The van der Waals surface area contributed by atoms with E-state index in [9.17, 15) is 9.13 Å². The first-order chi connectivity index (χ1) is 10.9. The van der Waals surface area contributed by atoms with E-state index in [0.29, 0.717) is 23.5 Å². The molecule has 134 valence electrons. The van der Waals surface area contributed by atoms with Crippen LogP contribution >= 0.6 is 15.2 Å². The second-order valence-electron chi connectivity index (χ2n) is 4.99. The first kappa shape index (κ1) is 20.8. The molecular weight excluding hydrogens is 338 g/mol. The SMILES string of the molecule is CCOP(=O)(OCC)C1=C(P(=O)(OCC)OCC)CC(C)=CC1. The quantitative estimate of drug-likeness (QED) is 0.377. The molecule has 23 heavy (non-hydrogen) atoms. The summed E-state index contributed by atoms with van der Waals surface area (Å²) in [7, 11) is -7.04. The summed E-state index contributed by atoms with van der Waals surface area (Å²) in [4.78, 5) is 0. The average Bonchev–Trinajstić information content (AvgIpc) is 2.48. The Hall–Kier alpha value is -0.220. The van der Waals surface area contributed by atoms with Gasteiger partial charge in [-0.15, -0.1) is 0 Å². The third-order valence-corrected chi connectivity index (χ3v) is 8.05. The van der Waals surface area contributed by atoms with E-state index in [0.717, 1.165) is 5.57 Å². The molecule has 0 aromatic carbocycles. The zero-order valence-corrected chi connectivity index (χ0v) is 16.5. The van der Waals surface area contributed by atoms with Gasteiger partial charge < -0.3 is 18.1 Å². The molecule has 0 amide bonds. The van der Waals surface area contributed by atoms with Gasteiger partial charge in [-0.25, -0.2) is 0 Å². The first-order valence-electron chi connectivity index (χ1n) is 8.03. The van der Waals surface area contributed by atoms with Crippen LogP contribution in [0.5, 0.6) is 0 Å². The van der Waals surface area contributed by atoms with Gasteiger partial charge in [0, 0.05) is 6.42 Å². The minimum atomic E-state index is -3.53. The maximum atomic E-state index is 13.2. The van der Waals surface area contributed by atoms with E-state index < -0.39 is 15.2 Å². The lowest BCUT2D eigenvalue weighted by Crippen LogP contribution is -2.09. The molecule has 0 aliphatic heterocycles. The van der Waals surface area contributed by atoms with Gasteiger partial charge in [0.2, 0.25) is 0 Å². The van der Waals surface area contributed by atoms with Gasteiger partial charge in [-0.3, -0.25) is 9.13 Å². The van der Waals surface area contributed by atoms with Crippen molar-refractivity contribution in [1.82, 2.24) is 0 Å². The van der Waals surface area contributed by atoms with Gasteiger partial charge in [0.1, 0.15) is 0 Å². The molecule has 1 aliphatic carbocycles. The van der Waals surface area contributed by atoms with E-state index in [4.69, 9.17) is 18.1 Å². The van der Waals surface area contributed by atoms with Crippen LogP contribution in [0.25, 0.3) is 0 Å². The van der Waals surface area contributed by atoms with Crippen molar-refractivity contribution in [1.29, 1.82) is 0 Å². The minimum Gasteiger partial charge on any atom is -0.306 e. The second-order valence-corrected chi connectivity index (χ2v) is 9.09. The highest BCUT2D eigenvalue weighted by Crippen LogP contribution is 2.68. The average molecular weight is 366 g/mol. The monoisotopic (exact) mass is 366 g/mol. The molecule has 0 aromatic heterocycles. The van der Waals surface area contributed by atoms with Crippen LogP contribution in [0.15, 0.2) is 22.3 Å². The Morgan fingerprint density at radius 3 is 1.61 bits per heavy atom. The minimum absolute atomic E-state index is 0.240. The first-order valence-corrected chi connectivity index (χ1v) is 11.1. The van der Waals surface area contributed by atoms with E-state index in [2.05, 4.69) is 0 Å². The molecule has 0 aromatic rings. The third-order valence-electron chi connectivity index (χ3n) is 3.28. The van der Waals surface area contributed by atoms with Crippen LogP contribution in [-0.4, -0.2) is 26.4 Å². The maximum absolute atomic E-state index is 13.2. The summed E-state index contributed by atoms with van der Waals surface area (Å²) in [6, 6.07) is 0. The lowest BCUT2D eigenvalue weighted by Gasteiger charge is -2.29. The van der Waals surface area contributed by atoms with E-state index in [1.807, 2.05) is 13.0 Å². The molecule has 6 nitrogen and oxygen atoms in total. The van der Waals surface area contributed by atoms with Crippen molar-refractivity contribution in [3.05, 3.63) is 22.3 Å². The fourth-order valence-electron chi connectivity index (χ4n) is 2.42. The van der Waals surface area contributed by atoms with Gasteiger partial charge in [0.25, 0.3) is 0 Å². The van der Waals surface area contributed by atoms with Gasteiger partial charge in [-0.1, -0.05) is 11.6 Å². The molecule has 0 radical (unpaired) electrons. The van der Waals surface area contributed by atoms with Crippen molar-refractivity contribution in [2.24, 2.45) is 0 Å². The number of rotatable bonds is 10. The Morgan fingerprint density at radius 1 is 0.826 bits per heavy atom. The predicted octanol–water partition coefficient (Wildman–Crippen LogP) is 5.47. The Kier molecular flexibility index (Phi) is 8.43. The summed E-state index contributed by atoms with van der Waals surface area (Å²) >= 11 is 0.